The van der Waals surface area contributed by atoms with Crippen LogP contribution >= 0.6 is 0 Å². The number of ether oxygens (including phenoxy) is 1. The summed E-state index contributed by atoms with van der Waals surface area (Å²) in [6, 6.07) is 9.67. The molecule has 2 amide bonds. The Labute approximate surface area is 202 Å². The molecule has 3 aliphatic rings. The van der Waals surface area contributed by atoms with E-state index in [2.05, 4.69) is 15.2 Å². The van der Waals surface area contributed by atoms with E-state index in [-0.39, 0.29) is 31.0 Å². The van der Waals surface area contributed by atoms with Gasteiger partial charge in [0.1, 0.15) is 18.0 Å². The third-order valence-corrected chi connectivity index (χ3v) is 7.79. The van der Waals surface area contributed by atoms with Crippen molar-refractivity contribution in [3.8, 4) is 5.75 Å². The van der Waals surface area contributed by atoms with Gasteiger partial charge < -0.3 is 14.5 Å². The smallest absolute Gasteiger partial charge is 0.242 e. The highest BCUT2D eigenvalue weighted by atomic mass is 19.1. The minimum absolute atomic E-state index is 0.0192. The fourth-order valence-electron chi connectivity index (χ4n) is 5.88. The molecule has 1 aliphatic carbocycles. The van der Waals surface area contributed by atoms with E-state index < -0.39 is 11.1 Å². The van der Waals surface area contributed by atoms with Crippen molar-refractivity contribution in [3.63, 3.8) is 0 Å². The highest BCUT2D eigenvalue weighted by Crippen LogP contribution is 2.50. The van der Waals surface area contributed by atoms with Crippen LogP contribution in [0.4, 0.5) is 10.1 Å². The maximum absolute atomic E-state index is 14.3. The lowest BCUT2D eigenvalue weighted by molar-refractivity contribution is -0.132. The van der Waals surface area contributed by atoms with Gasteiger partial charge in [-0.05, 0) is 50.3 Å². The predicted octanol–water partition coefficient (Wildman–Crippen LogP) is 3.52. The van der Waals surface area contributed by atoms with Crippen LogP contribution in [0.1, 0.15) is 44.6 Å². The number of hydrogen-bond acceptors (Lipinski definition) is 5. The second kappa shape index (κ2) is 8.03. The van der Waals surface area contributed by atoms with Crippen molar-refractivity contribution < 1.29 is 18.7 Å². The van der Waals surface area contributed by atoms with E-state index in [1.807, 2.05) is 30.3 Å². The molecule has 1 saturated carbocycles. The number of amides is 2. The van der Waals surface area contributed by atoms with Gasteiger partial charge in [0.15, 0.2) is 5.65 Å². The van der Waals surface area contributed by atoms with E-state index in [1.54, 1.807) is 17.3 Å². The zero-order valence-corrected chi connectivity index (χ0v) is 19.7. The third-order valence-electron chi connectivity index (χ3n) is 7.79. The minimum atomic E-state index is -1.36. The van der Waals surface area contributed by atoms with Crippen LogP contribution in [0.25, 0.3) is 11.0 Å². The molecule has 2 aliphatic heterocycles. The minimum Gasteiger partial charge on any atom is -0.489 e. The summed E-state index contributed by atoms with van der Waals surface area (Å²) < 4.78 is 20.5. The monoisotopic (exact) mass is 477 g/mol. The second-order valence-corrected chi connectivity index (χ2v) is 10.3. The predicted molar refractivity (Wildman–Crippen MR) is 128 cm³/mol. The number of rotatable bonds is 4. The Balaban J connectivity index is 1.18. The molecule has 1 N–H and O–H groups in total. The van der Waals surface area contributed by atoms with E-state index in [4.69, 9.17) is 4.74 Å². The van der Waals surface area contributed by atoms with Crippen LogP contribution in [0.15, 0.2) is 42.7 Å². The molecule has 1 spiro atoms. The van der Waals surface area contributed by atoms with Gasteiger partial charge in [-0.25, -0.2) is 9.37 Å². The Kier molecular flexibility index (Phi) is 5.05. The molecule has 0 radical (unpaired) electrons. The number of hydrogen-bond donors (Lipinski definition) is 1. The van der Waals surface area contributed by atoms with Crippen LogP contribution in [0.5, 0.6) is 5.75 Å². The summed E-state index contributed by atoms with van der Waals surface area (Å²) in [6.45, 7) is 1.94. The quantitative estimate of drug-likeness (QED) is 0.621. The van der Waals surface area contributed by atoms with Gasteiger partial charge >= 0.3 is 0 Å². The van der Waals surface area contributed by atoms with Crippen molar-refractivity contribution in [2.45, 2.75) is 56.2 Å². The number of anilines is 1. The SMILES string of the molecule is CC1(F)CCN(C(=O)CN2C(=O)C3(CCC(Oc4cnc5[nH]ncc5c4)CC3)c3ccccc32)C1. The van der Waals surface area contributed by atoms with Crippen molar-refractivity contribution in [1.82, 2.24) is 20.1 Å². The molecule has 182 valence electrons. The summed E-state index contributed by atoms with van der Waals surface area (Å²) in [7, 11) is 0. The highest BCUT2D eigenvalue weighted by molar-refractivity contribution is 6.10. The lowest BCUT2D eigenvalue weighted by Gasteiger charge is -2.36. The summed E-state index contributed by atoms with van der Waals surface area (Å²) in [4.78, 5) is 34.3. The van der Waals surface area contributed by atoms with E-state index in [0.29, 0.717) is 37.2 Å². The molecular weight excluding hydrogens is 449 g/mol. The summed E-state index contributed by atoms with van der Waals surface area (Å²) in [5, 5.41) is 7.72. The molecule has 2 fully saturated rings. The van der Waals surface area contributed by atoms with Crippen molar-refractivity contribution in [3.05, 3.63) is 48.3 Å². The second-order valence-electron chi connectivity index (χ2n) is 10.3. The van der Waals surface area contributed by atoms with Gasteiger partial charge in [0.25, 0.3) is 0 Å². The maximum atomic E-state index is 14.3. The van der Waals surface area contributed by atoms with Gasteiger partial charge in [0.2, 0.25) is 11.8 Å². The largest absolute Gasteiger partial charge is 0.489 e. The number of aromatic nitrogens is 3. The molecule has 35 heavy (non-hydrogen) atoms. The maximum Gasteiger partial charge on any atom is 0.242 e. The zero-order chi connectivity index (χ0) is 24.2. The van der Waals surface area contributed by atoms with Gasteiger partial charge in [0.05, 0.1) is 30.5 Å². The number of alkyl halides is 1. The summed E-state index contributed by atoms with van der Waals surface area (Å²) >= 11 is 0. The van der Waals surface area contributed by atoms with Crippen molar-refractivity contribution in [2.24, 2.45) is 0 Å². The van der Waals surface area contributed by atoms with Crippen LogP contribution in [0.2, 0.25) is 0 Å². The van der Waals surface area contributed by atoms with Crippen LogP contribution in [0, 0.1) is 0 Å². The molecular formula is C26H28FN5O3. The van der Waals surface area contributed by atoms with Gasteiger partial charge in [-0.2, -0.15) is 5.10 Å². The standard InChI is InChI=1S/C26H28FN5O3/c1-25(27)10-11-31(16-25)22(33)15-32-21-5-3-2-4-20(21)26(24(32)34)8-6-18(7-9-26)35-19-12-17-13-29-30-23(17)28-14-19/h2-5,12-14,18H,6-11,15-16H2,1H3,(H,28,29,30). The topological polar surface area (TPSA) is 91.4 Å². The Morgan fingerprint density at radius 1 is 1.23 bits per heavy atom. The van der Waals surface area contributed by atoms with Crippen LogP contribution in [-0.4, -0.2) is 63.3 Å². The zero-order valence-electron chi connectivity index (χ0n) is 19.7. The number of para-hydroxylation sites is 1. The van der Waals surface area contributed by atoms with Crippen molar-refractivity contribution in [1.29, 1.82) is 0 Å². The highest BCUT2D eigenvalue weighted by Gasteiger charge is 2.53. The fourth-order valence-corrected chi connectivity index (χ4v) is 5.88. The Morgan fingerprint density at radius 3 is 2.80 bits per heavy atom. The van der Waals surface area contributed by atoms with Crippen molar-refractivity contribution in [2.75, 3.05) is 24.5 Å². The first kappa shape index (κ1) is 22.0. The van der Waals surface area contributed by atoms with Crippen LogP contribution in [-0.2, 0) is 15.0 Å². The number of carbonyl (C=O) groups excluding carboxylic acids is 2. The average molecular weight is 478 g/mol. The molecule has 3 aromatic rings. The van der Waals surface area contributed by atoms with Gasteiger partial charge in [0, 0.05) is 24.0 Å². The normalized spacial score (nSPS) is 28.2. The van der Waals surface area contributed by atoms with E-state index in [9.17, 15) is 14.0 Å². The van der Waals surface area contributed by atoms with Crippen LogP contribution in [0.3, 0.4) is 0 Å². The number of nitrogens with zero attached hydrogens (tertiary/aromatic N) is 4. The van der Waals surface area contributed by atoms with Gasteiger partial charge in [-0.3, -0.25) is 14.7 Å². The number of likely N-dealkylation sites (tertiary alicyclic amines) is 1. The summed E-state index contributed by atoms with van der Waals surface area (Å²) in [5.74, 6) is 0.454. The number of halogens is 1. The molecule has 4 heterocycles. The number of pyridine rings is 1. The lowest BCUT2D eigenvalue weighted by Crippen LogP contribution is -2.48. The van der Waals surface area contributed by atoms with E-state index in [1.165, 1.54) is 11.8 Å². The summed E-state index contributed by atoms with van der Waals surface area (Å²) in [5.41, 5.74) is 0.479. The molecule has 6 rings (SSSR count). The lowest BCUT2D eigenvalue weighted by atomic mass is 9.69. The number of H-pyrrole nitrogens is 1. The van der Waals surface area contributed by atoms with Crippen molar-refractivity contribution >= 4 is 28.5 Å². The molecule has 9 heteroatoms. The molecule has 2 aromatic heterocycles. The number of fused-ring (bicyclic) bond motifs is 3. The first-order chi connectivity index (χ1) is 16.8. The Morgan fingerprint density at radius 2 is 2.03 bits per heavy atom. The average Bonchev–Trinajstić information content (AvgIpc) is 3.53. The Hall–Kier alpha value is -3.49. The molecule has 1 aromatic carbocycles. The van der Waals surface area contributed by atoms with Gasteiger partial charge in [-0.15, -0.1) is 0 Å². The number of aromatic amines is 1. The van der Waals surface area contributed by atoms with E-state index in [0.717, 1.165) is 29.5 Å². The molecule has 1 saturated heterocycles. The number of carbonyl (C=O) groups is 2. The molecule has 8 nitrogen and oxygen atoms in total. The first-order valence-corrected chi connectivity index (χ1v) is 12.2. The molecule has 0 bridgehead atoms. The summed E-state index contributed by atoms with van der Waals surface area (Å²) in [6.07, 6.45) is 6.44. The third kappa shape index (κ3) is 3.73. The van der Waals surface area contributed by atoms with E-state index >= 15 is 0 Å². The fraction of sp³-hybridized carbons (Fsp3) is 0.462. The van der Waals surface area contributed by atoms with Crippen LogP contribution < -0.4 is 9.64 Å². The molecule has 1 unspecified atom stereocenters. The Bertz CT molecular complexity index is 1300. The number of benzene rings is 1. The van der Waals surface area contributed by atoms with Gasteiger partial charge in [-0.1, -0.05) is 18.2 Å². The first-order valence-electron chi connectivity index (χ1n) is 12.2. The molecule has 1 atom stereocenters. The number of nitrogens with one attached hydrogen (secondary N) is 1.